The molecule has 0 saturated carbocycles. The van der Waals surface area contributed by atoms with Crippen molar-refractivity contribution in [3.63, 3.8) is 0 Å². The largest absolute Gasteiger partial charge is 0.352 e. The molecule has 112 valence electrons. The number of benzene rings is 1. The first-order valence-corrected chi connectivity index (χ1v) is 8.02. The van der Waals surface area contributed by atoms with Crippen LogP contribution in [0.15, 0.2) is 23.1 Å². The highest BCUT2D eigenvalue weighted by molar-refractivity contribution is 7.89. The van der Waals surface area contributed by atoms with Crippen LogP contribution < -0.4 is 10.5 Å². The first-order valence-electron chi connectivity index (χ1n) is 6.48. The van der Waals surface area contributed by atoms with Crippen molar-refractivity contribution in [2.24, 2.45) is 10.6 Å². The topological polar surface area (TPSA) is 89.3 Å². The molecule has 0 aliphatic rings. The Morgan fingerprint density at radius 1 is 1.30 bits per heavy atom. The van der Waals surface area contributed by atoms with Crippen LogP contribution in [0.2, 0.25) is 0 Å². The van der Waals surface area contributed by atoms with E-state index in [9.17, 15) is 13.2 Å². The lowest BCUT2D eigenvalue weighted by Gasteiger charge is -2.22. The zero-order valence-electron chi connectivity index (χ0n) is 12.4. The van der Waals surface area contributed by atoms with Gasteiger partial charge in [-0.2, -0.15) is 0 Å². The van der Waals surface area contributed by atoms with Crippen LogP contribution in [0.3, 0.4) is 0 Å². The second-order valence-electron chi connectivity index (χ2n) is 5.78. The average molecular weight is 298 g/mol. The molecule has 0 saturated heterocycles. The van der Waals surface area contributed by atoms with Crippen molar-refractivity contribution in [2.75, 3.05) is 6.54 Å². The Morgan fingerprint density at radius 3 is 2.40 bits per heavy atom. The van der Waals surface area contributed by atoms with Gasteiger partial charge in [0.2, 0.25) is 10.0 Å². The minimum absolute atomic E-state index is 0.00224. The number of primary sulfonamides is 1. The number of carbonyl (C=O) groups is 1. The summed E-state index contributed by atoms with van der Waals surface area (Å²) in [7, 11) is -3.81. The molecule has 0 aliphatic carbocycles. The molecular weight excluding hydrogens is 276 g/mol. The lowest BCUT2D eigenvalue weighted by molar-refractivity contribution is 0.0935. The summed E-state index contributed by atoms with van der Waals surface area (Å²) in [6.07, 6.45) is 0.934. The highest BCUT2D eigenvalue weighted by Gasteiger charge is 2.18. The Labute approximate surface area is 120 Å². The van der Waals surface area contributed by atoms with Gasteiger partial charge < -0.3 is 5.32 Å². The highest BCUT2D eigenvalue weighted by atomic mass is 32.2. The molecule has 1 amide bonds. The number of hydrogen-bond acceptors (Lipinski definition) is 3. The summed E-state index contributed by atoms with van der Waals surface area (Å²) in [6, 6.07) is 4.39. The molecule has 1 aromatic carbocycles. The number of rotatable bonds is 5. The van der Waals surface area contributed by atoms with Crippen LogP contribution in [-0.4, -0.2) is 20.9 Å². The van der Waals surface area contributed by atoms with Crippen molar-refractivity contribution in [1.29, 1.82) is 0 Å². The Hall–Kier alpha value is -1.40. The average Bonchev–Trinajstić information content (AvgIpc) is 2.34. The van der Waals surface area contributed by atoms with E-state index in [1.807, 2.05) is 0 Å². The molecule has 20 heavy (non-hydrogen) atoms. The van der Waals surface area contributed by atoms with E-state index in [1.54, 1.807) is 13.0 Å². The zero-order chi connectivity index (χ0) is 15.6. The van der Waals surface area contributed by atoms with E-state index in [4.69, 9.17) is 5.14 Å². The number of nitrogens with two attached hydrogens (primary N) is 1. The lowest BCUT2D eigenvalue weighted by atomic mass is 9.90. The maximum atomic E-state index is 12.1. The Kier molecular flexibility index (Phi) is 4.94. The summed E-state index contributed by atoms with van der Waals surface area (Å²) in [4.78, 5) is 12.0. The predicted octanol–water partition coefficient (Wildman–Crippen LogP) is 1.81. The number of hydrogen-bond donors (Lipinski definition) is 2. The smallest absolute Gasteiger partial charge is 0.251 e. The van der Waals surface area contributed by atoms with Gasteiger partial charge >= 0.3 is 0 Å². The first-order chi connectivity index (χ1) is 9.05. The van der Waals surface area contributed by atoms with Gasteiger partial charge in [0, 0.05) is 12.1 Å². The summed E-state index contributed by atoms with van der Waals surface area (Å²) in [6.45, 7) is 8.42. The van der Waals surface area contributed by atoms with Crippen LogP contribution in [0.1, 0.15) is 43.1 Å². The Bertz CT molecular complexity index is 607. The van der Waals surface area contributed by atoms with Crippen LogP contribution >= 0.6 is 0 Å². The van der Waals surface area contributed by atoms with E-state index < -0.39 is 10.0 Å². The molecule has 1 rings (SSSR count). The molecule has 0 heterocycles. The fourth-order valence-electron chi connectivity index (χ4n) is 1.59. The van der Waals surface area contributed by atoms with Crippen molar-refractivity contribution in [2.45, 2.75) is 39.0 Å². The van der Waals surface area contributed by atoms with Crippen LogP contribution in [0.4, 0.5) is 0 Å². The second-order valence-corrected chi connectivity index (χ2v) is 7.34. The molecule has 0 radical (unpaired) electrons. The van der Waals surface area contributed by atoms with Gasteiger partial charge in [-0.15, -0.1) is 0 Å². The first kappa shape index (κ1) is 16.7. The van der Waals surface area contributed by atoms with Gasteiger partial charge in [-0.25, -0.2) is 13.6 Å². The van der Waals surface area contributed by atoms with Crippen molar-refractivity contribution in [1.82, 2.24) is 5.32 Å². The molecule has 0 bridgehead atoms. The monoisotopic (exact) mass is 298 g/mol. The zero-order valence-corrected chi connectivity index (χ0v) is 13.2. The van der Waals surface area contributed by atoms with Gasteiger partial charge in [-0.3, -0.25) is 4.79 Å². The summed E-state index contributed by atoms with van der Waals surface area (Å²) in [5.74, 6) is -0.292. The maximum absolute atomic E-state index is 12.1. The minimum Gasteiger partial charge on any atom is -0.352 e. The van der Waals surface area contributed by atoms with Gasteiger partial charge in [0.15, 0.2) is 0 Å². The molecule has 3 N–H and O–H groups in total. The lowest BCUT2D eigenvalue weighted by Crippen LogP contribution is -2.33. The minimum atomic E-state index is -3.81. The van der Waals surface area contributed by atoms with Crippen molar-refractivity contribution in [3.05, 3.63) is 29.3 Å². The molecule has 0 unspecified atom stereocenters. The van der Waals surface area contributed by atoms with Gasteiger partial charge in [0.1, 0.15) is 0 Å². The van der Waals surface area contributed by atoms with Gasteiger partial charge in [-0.05, 0) is 42.5 Å². The third kappa shape index (κ3) is 4.61. The molecular formula is C14H22N2O3S. The van der Waals surface area contributed by atoms with Gasteiger partial charge in [0.25, 0.3) is 5.91 Å². The van der Waals surface area contributed by atoms with E-state index in [-0.39, 0.29) is 16.2 Å². The fourth-order valence-corrected chi connectivity index (χ4v) is 2.23. The molecule has 0 atom stereocenters. The van der Waals surface area contributed by atoms with E-state index in [2.05, 4.69) is 26.1 Å². The van der Waals surface area contributed by atoms with Crippen molar-refractivity contribution in [3.8, 4) is 0 Å². The number of nitrogens with one attached hydrogen (secondary N) is 1. The quantitative estimate of drug-likeness (QED) is 0.868. The molecule has 1 aromatic rings. The van der Waals surface area contributed by atoms with Crippen LogP contribution in [0, 0.1) is 12.3 Å². The van der Waals surface area contributed by atoms with Crippen molar-refractivity contribution >= 4 is 15.9 Å². The third-order valence-electron chi connectivity index (χ3n) is 3.33. The molecule has 6 heteroatoms. The predicted molar refractivity (Wildman–Crippen MR) is 79.0 cm³/mol. The molecule has 5 nitrogen and oxygen atoms in total. The molecule has 0 aromatic heterocycles. The number of carbonyl (C=O) groups excluding carboxylic acids is 1. The molecule has 0 spiro atoms. The second kappa shape index (κ2) is 5.93. The number of sulfonamides is 1. The summed E-state index contributed by atoms with van der Waals surface area (Å²) in [5, 5.41) is 7.92. The standard InChI is InChI=1S/C14H22N2O3S/c1-5-14(3,4)9-16-13(17)11-6-10(2)7-12(8-11)20(15,18)19/h6-8H,5,9H2,1-4H3,(H,16,17)(H2,15,18,19). The summed E-state index contributed by atoms with van der Waals surface area (Å²) < 4.78 is 22.7. The summed E-state index contributed by atoms with van der Waals surface area (Å²) in [5.41, 5.74) is 0.986. The number of aryl methyl sites for hydroxylation is 1. The van der Waals surface area contributed by atoms with Crippen LogP contribution in [0.25, 0.3) is 0 Å². The van der Waals surface area contributed by atoms with Crippen molar-refractivity contribution < 1.29 is 13.2 Å². The fraction of sp³-hybridized carbons (Fsp3) is 0.500. The molecule has 0 fully saturated rings. The summed E-state index contributed by atoms with van der Waals surface area (Å²) >= 11 is 0. The van der Waals surface area contributed by atoms with Gasteiger partial charge in [0.05, 0.1) is 4.90 Å². The van der Waals surface area contributed by atoms with E-state index in [0.29, 0.717) is 17.7 Å². The normalized spacial score (nSPS) is 12.2. The highest BCUT2D eigenvalue weighted by Crippen LogP contribution is 2.18. The number of amides is 1. The van der Waals surface area contributed by atoms with E-state index in [1.165, 1.54) is 12.1 Å². The SMILES string of the molecule is CCC(C)(C)CNC(=O)c1cc(C)cc(S(N)(=O)=O)c1. The maximum Gasteiger partial charge on any atom is 0.251 e. The van der Waals surface area contributed by atoms with Crippen LogP contribution in [0.5, 0.6) is 0 Å². The van der Waals surface area contributed by atoms with Crippen LogP contribution in [-0.2, 0) is 10.0 Å². The molecule has 0 aliphatic heterocycles. The third-order valence-corrected chi connectivity index (χ3v) is 4.22. The Balaban J connectivity index is 2.97. The van der Waals surface area contributed by atoms with E-state index in [0.717, 1.165) is 6.42 Å². The van der Waals surface area contributed by atoms with E-state index >= 15 is 0 Å². The Morgan fingerprint density at radius 2 is 1.90 bits per heavy atom. The van der Waals surface area contributed by atoms with Gasteiger partial charge in [-0.1, -0.05) is 20.8 Å².